The Kier molecular flexibility index (Phi) is 6.57. The molecule has 0 radical (unpaired) electrons. The van der Waals surface area contributed by atoms with Crippen molar-refractivity contribution >= 4 is 27.7 Å². The molecule has 2 aromatic heterocycles. The first-order valence-electron chi connectivity index (χ1n) is 9.84. The summed E-state index contributed by atoms with van der Waals surface area (Å²) >= 11 is 0. The molecule has 2 N–H and O–H groups in total. The topological polar surface area (TPSA) is 121 Å². The summed E-state index contributed by atoms with van der Waals surface area (Å²) in [5.74, 6) is -1.05. The maximum absolute atomic E-state index is 13.4. The molecule has 1 aliphatic rings. The van der Waals surface area contributed by atoms with Gasteiger partial charge in [-0.2, -0.15) is 4.31 Å². The molecule has 30 heavy (non-hydrogen) atoms. The van der Waals surface area contributed by atoms with E-state index in [-0.39, 0.29) is 36.1 Å². The normalized spacial score (nSPS) is 17.5. The summed E-state index contributed by atoms with van der Waals surface area (Å²) in [6.45, 7) is 5.36. The average molecular weight is 435 g/mol. The van der Waals surface area contributed by atoms with Crippen LogP contribution >= 0.6 is 0 Å². The monoisotopic (exact) mass is 434 g/mol. The van der Waals surface area contributed by atoms with Crippen molar-refractivity contribution in [1.82, 2.24) is 14.3 Å². The second-order valence-corrected chi connectivity index (χ2v) is 9.08. The van der Waals surface area contributed by atoms with Crippen LogP contribution in [0.25, 0.3) is 0 Å². The van der Waals surface area contributed by atoms with Gasteiger partial charge in [0.15, 0.2) is 0 Å². The van der Waals surface area contributed by atoms with E-state index in [2.05, 4.69) is 15.3 Å². The number of hydrogen-bond acceptors (Lipinski definition) is 6. The third-order valence-electron chi connectivity index (χ3n) is 5.07. The molecule has 0 saturated carbocycles. The first-order valence-corrected chi connectivity index (χ1v) is 11.3. The minimum atomic E-state index is -4.00. The molecule has 9 nitrogen and oxygen atoms in total. The van der Waals surface area contributed by atoms with Gasteiger partial charge in [-0.15, -0.1) is 0 Å². The third kappa shape index (κ3) is 4.39. The summed E-state index contributed by atoms with van der Waals surface area (Å²) in [6, 6.07) is 5.17. The van der Waals surface area contributed by atoms with E-state index in [0.29, 0.717) is 30.0 Å². The van der Waals surface area contributed by atoms with E-state index in [9.17, 15) is 18.0 Å². The Morgan fingerprint density at radius 3 is 2.73 bits per heavy atom. The van der Waals surface area contributed by atoms with Gasteiger partial charge in [0.25, 0.3) is 0 Å². The van der Waals surface area contributed by atoms with Crippen LogP contribution in [0.1, 0.15) is 41.5 Å². The van der Waals surface area contributed by atoms with E-state index >= 15 is 0 Å². The van der Waals surface area contributed by atoms with Crippen LogP contribution in [-0.4, -0.2) is 54.3 Å². The number of carbonyl (C=O) groups excluding carboxylic acids is 2. The summed E-state index contributed by atoms with van der Waals surface area (Å²) in [6.07, 6.45) is 2.68. The highest BCUT2D eigenvalue weighted by atomic mass is 32.2. The van der Waals surface area contributed by atoms with Gasteiger partial charge in [0.05, 0.1) is 12.5 Å². The van der Waals surface area contributed by atoms with Crippen LogP contribution in [0.15, 0.2) is 29.3 Å². The number of rotatable bonds is 6. The quantitative estimate of drug-likeness (QED) is 0.673. The standard InChI is InChI=1S/C20H26N4O5S/c1-4-29-20(26)17-13(2)22-14(3)18(17)30(27,28)24-11-7-8-15(12-24)19(25)23-16-9-5-6-10-21-16/h5-6,9-10,15,22H,4,7-8,11-12H2,1-3H3,(H,21,23,25)/t15-/m0/s1. The lowest BCUT2D eigenvalue weighted by molar-refractivity contribution is -0.120. The van der Waals surface area contributed by atoms with Crippen molar-refractivity contribution in [3.8, 4) is 0 Å². The molecule has 2 aromatic rings. The highest BCUT2D eigenvalue weighted by molar-refractivity contribution is 7.89. The van der Waals surface area contributed by atoms with Crippen molar-refractivity contribution in [2.24, 2.45) is 5.92 Å². The van der Waals surface area contributed by atoms with Gasteiger partial charge >= 0.3 is 5.97 Å². The van der Waals surface area contributed by atoms with Crippen molar-refractivity contribution in [2.45, 2.75) is 38.5 Å². The number of anilines is 1. The molecular weight excluding hydrogens is 408 g/mol. The van der Waals surface area contributed by atoms with Gasteiger partial charge in [-0.25, -0.2) is 18.2 Å². The van der Waals surface area contributed by atoms with E-state index in [4.69, 9.17) is 4.74 Å². The molecule has 1 aliphatic heterocycles. The maximum atomic E-state index is 13.4. The number of aryl methyl sites for hydroxylation is 2. The fourth-order valence-corrected chi connectivity index (χ4v) is 5.63. The van der Waals surface area contributed by atoms with Gasteiger partial charge in [0.1, 0.15) is 16.3 Å². The lowest BCUT2D eigenvalue weighted by Gasteiger charge is -2.31. The second kappa shape index (κ2) is 8.97. The maximum Gasteiger partial charge on any atom is 0.341 e. The highest BCUT2D eigenvalue weighted by Crippen LogP contribution is 2.30. The summed E-state index contributed by atoms with van der Waals surface area (Å²) < 4.78 is 33.2. The van der Waals surface area contributed by atoms with Crippen LogP contribution in [0.3, 0.4) is 0 Å². The van der Waals surface area contributed by atoms with Crippen LogP contribution in [-0.2, 0) is 19.6 Å². The number of esters is 1. The summed E-state index contributed by atoms with van der Waals surface area (Å²) in [4.78, 5) is 32.0. The number of nitrogens with zero attached hydrogens (tertiary/aromatic N) is 2. The van der Waals surface area contributed by atoms with Crippen molar-refractivity contribution < 1.29 is 22.7 Å². The molecule has 162 valence electrons. The summed E-state index contributed by atoms with van der Waals surface area (Å²) in [5.41, 5.74) is 0.830. The predicted molar refractivity (Wildman–Crippen MR) is 111 cm³/mol. The lowest BCUT2D eigenvalue weighted by Crippen LogP contribution is -2.44. The molecule has 0 spiro atoms. The molecule has 1 saturated heterocycles. The Bertz CT molecular complexity index is 1030. The van der Waals surface area contributed by atoms with E-state index in [0.717, 1.165) is 0 Å². The largest absolute Gasteiger partial charge is 0.462 e. The highest BCUT2D eigenvalue weighted by Gasteiger charge is 2.38. The van der Waals surface area contributed by atoms with Crippen LogP contribution in [0.4, 0.5) is 5.82 Å². The second-order valence-electron chi connectivity index (χ2n) is 7.21. The first kappa shape index (κ1) is 22.0. The van der Waals surface area contributed by atoms with E-state index < -0.39 is 21.9 Å². The SMILES string of the molecule is CCOC(=O)c1c(C)[nH]c(C)c1S(=O)(=O)N1CCC[C@H](C(=O)Nc2ccccn2)C1. The van der Waals surface area contributed by atoms with Crippen LogP contribution in [0, 0.1) is 19.8 Å². The number of amides is 1. The Morgan fingerprint density at radius 2 is 2.07 bits per heavy atom. The number of H-pyrrole nitrogens is 1. The molecule has 0 aromatic carbocycles. The molecule has 0 bridgehead atoms. The van der Waals surface area contributed by atoms with Crippen LogP contribution in [0.2, 0.25) is 0 Å². The lowest BCUT2D eigenvalue weighted by atomic mass is 9.99. The number of pyridine rings is 1. The van der Waals surface area contributed by atoms with Gasteiger partial charge in [-0.3, -0.25) is 4.79 Å². The molecule has 1 amide bonds. The molecule has 10 heteroatoms. The third-order valence-corrected chi connectivity index (χ3v) is 7.10. The summed E-state index contributed by atoms with van der Waals surface area (Å²) in [7, 11) is -4.00. The van der Waals surface area contributed by atoms with Gasteiger partial charge in [0, 0.05) is 30.7 Å². The number of nitrogens with one attached hydrogen (secondary N) is 2. The zero-order valence-corrected chi connectivity index (χ0v) is 18.1. The van der Waals surface area contributed by atoms with Crippen molar-refractivity contribution in [3.63, 3.8) is 0 Å². The Labute approximate surface area is 175 Å². The number of sulfonamides is 1. The number of piperidine rings is 1. The molecule has 3 rings (SSSR count). The zero-order valence-electron chi connectivity index (χ0n) is 17.3. The van der Waals surface area contributed by atoms with E-state index in [1.807, 2.05) is 0 Å². The van der Waals surface area contributed by atoms with Crippen molar-refractivity contribution in [2.75, 3.05) is 25.0 Å². The fourth-order valence-electron chi connectivity index (χ4n) is 3.70. The van der Waals surface area contributed by atoms with Crippen LogP contribution in [0.5, 0.6) is 0 Å². The summed E-state index contributed by atoms with van der Waals surface area (Å²) in [5, 5.41) is 2.73. The predicted octanol–water partition coefficient (Wildman–Crippen LogP) is 2.24. The van der Waals surface area contributed by atoms with E-state index in [1.54, 1.807) is 45.2 Å². The van der Waals surface area contributed by atoms with Gasteiger partial charge < -0.3 is 15.0 Å². The molecule has 1 atom stereocenters. The van der Waals surface area contributed by atoms with Crippen molar-refractivity contribution in [3.05, 3.63) is 41.3 Å². The molecule has 0 unspecified atom stereocenters. The Balaban J connectivity index is 1.85. The number of aromatic nitrogens is 2. The Hall–Kier alpha value is -2.72. The van der Waals surface area contributed by atoms with Crippen molar-refractivity contribution in [1.29, 1.82) is 0 Å². The first-order chi connectivity index (χ1) is 14.3. The smallest absolute Gasteiger partial charge is 0.341 e. The molecular formula is C20H26N4O5S. The average Bonchev–Trinajstić information content (AvgIpc) is 3.03. The Morgan fingerprint density at radius 1 is 1.30 bits per heavy atom. The zero-order chi connectivity index (χ0) is 21.9. The number of ether oxygens (including phenoxy) is 1. The van der Waals surface area contributed by atoms with E-state index in [1.165, 1.54) is 4.31 Å². The minimum absolute atomic E-state index is 0.0226. The van der Waals surface area contributed by atoms with Gasteiger partial charge in [-0.05, 0) is 45.7 Å². The number of carbonyl (C=O) groups is 2. The number of aromatic amines is 1. The fraction of sp³-hybridized carbons (Fsp3) is 0.450. The molecule has 3 heterocycles. The van der Waals surface area contributed by atoms with Gasteiger partial charge in [-0.1, -0.05) is 6.07 Å². The van der Waals surface area contributed by atoms with Gasteiger partial charge in [0.2, 0.25) is 15.9 Å². The number of hydrogen-bond donors (Lipinski definition) is 2. The molecule has 1 fully saturated rings. The molecule has 0 aliphatic carbocycles. The minimum Gasteiger partial charge on any atom is -0.462 e. The van der Waals surface area contributed by atoms with Crippen LogP contribution < -0.4 is 5.32 Å².